The van der Waals surface area contributed by atoms with Crippen molar-refractivity contribution >= 4 is 62.3 Å². The summed E-state index contributed by atoms with van der Waals surface area (Å²) in [5.74, 6) is -0.646. The Labute approximate surface area is 262 Å². The first-order valence-electron chi connectivity index (χ1n) is 13.5. The van der Waals surface area contributed by atoms with Crippen LogP contribution in [-0.4, -0.2) is 50.9 Å². The molecule has 42 heavy (non-hydrogen) atoms. The molecule has 3 aromatic rings. The summed E-state index contributed by atoms with van der Waals surface area (Å²) in [6.45, 7) is 5.60. The van der Waals surface area contributed by atoms with Gasteiger partial charge in [0.15, 0.2) is 0 Å². The van der Waals surface area contributed by atoms with Crippen LogP contribution in [0.4, 0.5) is 5.69 Å². The van der Waals surface area contributed by atoms with E-state index in [4.69, 9.17) is 39.5 Å². The minimum atomic E-state index is -4.28. The number of nitrogens with zero attached hydrogens (tertiary/aromatic N) is 2. The van der Waals surface area contributed by atoms with E-state index in [1.165, 1.54) is 29.2 Å². The van der Waals surface area contributed by atoms with Gasteiger partial charge < -0.3 is 15.0 Å². The molecule has 12 heteroatoms. The van der Waals surface area contributed by atoms with Gasteiger partial charge in [0.25, 0.3) is 10.0 Å². The minimum absolute atomic E-state index is 0.00425. The van der Waals surface area contributed by atoms with Crippen LogP contribution in [-0.2, 0) is 26.2 Å². The van der Waals surface area contributed by atoms with E-state index in [1.54, 1.807) is 56.3 Å². The van der Waals surface area contributed by atoms with Crippen LogP contribution >= 0.6 is 34.8 Å². The van der Waals surface area contributed by atoms with Gasteiger partial charge in [0.05, 0.1) is 27.2 Å². The number of halogens is 3. The fraction of sp³-hybridized carbons (Fsp3) is 0.333. The molecule has 2 amide bonds. The van der Waals surface area contributed by atoms with Crippen molar-refractivity contribution in [3.63, 3.8) is 0 Å². The summed E-state index contributed by atoms with van der Waals surface area (Å²) >= 11 is 18.4. The number of carbonyl (C=O) groups excluding carboxylic acids is 2. The number of hydrogen-bond acceptors (Lipinski definition) is 5. The van der Waals surface area contributed by atoms with Crippen molar-refractivity contribution in [2.24, 2.45) is 0 Å². The summed E-state index contributed by atoms with van der Waals surface area (Å²) < 4.78 is 34.9. The number of carbonyl (C=O) groups is 2. The summed E-state index contributed by atoms with van der Waals surface area (Å²) in [6.07, 6.45) is 1.01. The van der Waals surface area contributed by atoms with Gasteiger partial charge in [-0.05, 0) is 73.9 Å². The Morgan fingerprint density at radius 1 is 0.929 bits per heavy atom. The molecular formula is C30H34Cl3N3O5S. The number of nitrogens with one attached hydrogen (secondary N) is 1. The molecule has 1 unspecified atom stereocenters. The molecule has 0 aliphatic carbocycles. The van der Waals surface area contributed by atoms with E-state index in [0.29, 0.717) is 40.0 Å². The molecule has 226 valence electrons. The van der Waals surface area contributed by atoms with Crippen molar-refractivity contribution in [2.75, 3.05) is 24.0 Å². The number of sulfonamides is 1. The highest BCUT2D eigenvalue weighted by atomic mass is 35.5. The summed E-state index contributed by atoms with van der Waals surface area (Å²) in [4.78, 5) is 28.7. The second kappa shape index (κ2) is 15.5. The molecule has 0 heterocycles. The standard InChI is InChI=1S/C30H34Cl3N3O5S/c1-4-17-34-30(38)26(5-2)35(19-21-11-16-24(32)25(33)18-21)29(37)20-36(27-9-7-8-10-28(27)41-6-3)42(39,40)23-14-12-22(31)13-15-23/h7-16,18,26H,4-6,17,19-20H2,1-3H3,(H,34,38). The Kier molecular flexibility index (Phi) is 12.4. The number of amides is 2. The maximum atomic E-state index is 14.2. The molecule has 0 bridgehead atoms. The Balaban J connectivity index is 2.11. The molecule has 0 aliphatic heterocycles. The van der Waals surface area contributed by atoms with Crippen LogP contribution in [0, 0.1) is 0 Å². The molecule has 3 rings (SSSR count). The lowest BCUT2D eigenvalue weighted by atomic mass is 10.1. The third-order valence-electron chi connectivity index (χ3n) is 6.39. The quantitative estimate of drug-likeness (QED) is 0.212. The first-order valence-corrected chi connectivity index (χ1v) is 16.1. The van der Waals surface area contributed by atoms with Crippen LogP contribution in [0.25, 0.3) is 0 Å². The van der Waals surface area contributed by atoms with Gasteiger partial charge in [-0.3, -0.25) is 13.9 Å². The first-order chi connectivity index (χ1) is 20.0. The fourth-order valence-corrected chi connectivity index (χ4v) is 6.18. The smallest absolute Gasteiger partial charge is 0.264 e. The van der Waals surface area contributed by atoms with Crippen molar-refractivity contribution in [2.45, 2.75) is 51.1 Å². The Morgan fingerprint density at radius 3 is 2.24 bits per heavy atom. The average Bonchev–Trinajstić information content (AvgIpc) is 2.97. The van der Waals surface area contributed by atoms with E-state index < -0.39 is 28.5 Å². The lowest BCUT2D eigenvalue weighted by Crippen LogP contribution is -2.52. The predicted octanol–water partition coefficient (Wildman–Crippen LogP) is 6.57. The molecule has 1 atom stereocenters. The topological polar surface area (TPSA) is 96.0 Å². The molecule has 0 radical (unpaired) electrons. The van der Waals surface area contributed by atoms with Gasteiger partial charge in [0.1, 0.15) is 18.3 Å². The molecule has 8 nitrogen and oxygen atoms in total. The second-order valence-corrected chi connectivity index (χ2v) is 12.5. The van der Waals surface area contributed by atoms with Crippen LogP contribution < -0.4 is 14.4 Å². The van der Waals surface area contributed by atoms with Crippen molar-refractivity contribution in [3.8, 4) is 5.75 Å². The van der Waals surface area contributed by atoms with E-state index in [0.717, 1.165) is 4.31 Å². The first kappa shape index (κ1) is 33.5. The summed E-state index contributed by atoms with van der Waals surface area (Å²) in [5, 5.41) is 3.86. The molecule has 0 spiro atoms. The Bertz CT molecular complexity index is 1490. The lowest BCUT2D eigenvalue weighted by molar-refractivity contribution is -0.140. The minimum Gasteiger partial charge on any atom is -0.492 e. The number of rotatable bonds is 14. The van der Waals surface area contributed by atoms with E-state index >= 15 is 0 Å². The third kappa shape index (κ3) is 8.31. The van der Waals surface area contributed by atoms with Crippen LogP contribution in [0.2, 0.25) is 15.1 Å². The van der Waals surface area contributed by atoms with E-state index in [1.807, 2.05) is 6.92 Å². The van der Waals surface area contributed by atoms with Gasteiger partial charge in [0, 0.05) is 18.1 Å². The Morgan fingerprint density at radius 2 is 1.62 bits per heavy atom. The largest absolute Gasteiger partial charge is 0.492 e. The van der Waals surface area contributed by atoms with E-state index in [2.05, 4.69) is 5.32 Å². The predicted molar refractivity (Wildman–Crippen MR) is 168 cm³/mol. The number of anilines is 1. The van der Waals surface area contributed by atoms with Crippen molar-refractivity contribution < 1.29 is 22.7 Å². The normalized spacial score (nSPS) is 12.0. The molecular weight excluding hydrogens is 621 g/mol. The van der Waals surface area contributed by atoms with Gasteiger partial charge in [-0.1, -0.05) is 66.8 Å². The monoisotopic (exact) mass is 653 g/mol. The van der Waals surface area contributed by atoms with Crippen molar-refractivity contribution in [1.82, 2.24) is 10.2 Å². The average molecular weight is 655 g/mol. The van der Waals surface area contributed by atoms with Gasteiger partial charge in [-0.25, -0.2) is 8.42 Å². The highest BCUT2D eigenvalue weighted by Crippen LogP contribution is 2.33. The van der Waals surface area contributed by atoms with Gasteiger partial charge in [-0.2, -0.15) is 0 Å². The van der Waals surface area contributed by atoms with Crippen LogP contribution in [0.3, 0.4) is 0 Å². The Hall–Kier alpha value is -2.98. The van der Waals surface area contributed by atoms with Gasteiger partial charge in [-0.15, -0.1) is 0 Å². The molecule has 0 saturated carbocycles. The SMILES string of the molecule is CCCNC(=O)C(CC)N(Cc1ccc(Cl)c(Cl)c1)C(=O)CN(c1ccccc1OCC)S(=O)(=O)c1ccc(Cl)cc1. The van der Waals surface area contributed by atoms with Gasteiger partial charge >= 0.3 is 0 Å². The van der Waals surface area contributed by atoms with E-state index in [9.17, 15) is 18.0 Å². The summed E-state index contributed by atoms with van der Waals surface area (Å²) in [6, 6.07) is 16.3. The number of benzene rings is 3. The molecule has 0 aromatic heterocycles. The number of hydrogen-bond donors (Lipinski definition) is 1. The molecule has 1 N–H and O–H groups in total. The highest BCUT2D eigenvalue weighted by molar-refractivity contribution is 7.92. The number of ether oxygens (including phenoxy) is 1. The molecule has 3 aromatic carbocycles. The summed E-state index contributed by atoms with van der Waals surface area (Å²) in [7, 11) is -4.28. The fourth-order valence-electron chi connectivity index (χ4n) is 4.31. The van der Waals surface area contributed by atoms with Crippen molar-refractivity contribution in [3.05, 3.63) is 87.4 Å². The number of para-hydroxylation sites is 2. The van der Waals surface area contributed by atoms with Crippen LogP contribution in [0.15, 0.2) is 71.6 Å². The van der Waals surface area contributed by atoms with Gasteiger partial charge in [0.2, 0.25) is 11.8 Å². The third-order valence-corrected chi connectivity index (χ3v) is 9.15. The molecule has 0 aliphatic rings. The molecule has 0 fully saturated rings. The maximum absolute atomic E-state index is 14.2. The molecule has 0 saturated heterocycles. The zero-order valence-electron chi connectivity index (χ0n) is 23.6. The maximum Gasteiger partial charge on any atom is 0.264 e. The zero-order chi connectivity index (χ0) is 30.9. The highest BCUT2D eigenvalue weighted by Gasteiger charge is 2.34. The zero-order valence-corrected chi connectivity index (χ0v) is 26.7. The van der Waals surface area contributed by atoms with E-state index in [-0.39, 0.29) is 35.4 Å². The second-order valence-electron chi connectivity index (χ2n) is 9.35. The van der Waals surface area contributed by atoms with Crippen molar-refractivity contribution in [1.29, 1.82) is 0 Å². The summed E-state index contributed by atoms with van der Waals surface area (Å²) in [5.41, 5.74) is 0.807. The van der Waals surface area contributed by atoms with Crippen LogP contribution in [0.5, 0.6) is 5.75 Å². The lowest BCUT2D eigenvalue weighted by Gasteiger charge is -2.33. The van der Waals surface area contributed by atoms with Crippen LogP contribution in [0.1, 0.15) is 39.2 Å².